The smallest absolute Gasteiger partial charge is 0.231 e. The molecule has 2 N–H and O–H groups in total. The third-order valence-electron chi connectivity index (χ3n) is 4.30. The quantitative estimate of drug-likeness (QED) is 0.936. The van der Waals surface area contributed by atoms with Crippen molar-refractivity contribution in [3.63, 3.8) is 0 Å². The second-order valence-corrected chi connectivity index (χ2v) is 8.16. The van der Waals surface area contributed by atoms with E-state index in [1.165, 1.54) is 4.70 Å². The van der Waals surface area contributed by atoms with Crippen molar-refractivity contribution in [2.45, 2.75) is 32.4 Å². The number of piperazine rings is 1. The minimum Gasteiger partial charge on any atom is -0.369 e. The van der Waals surface area contributed by atoms with E-state index < -0.39 is 0 Å². The molecule has 0 saturated carbocycles. The van der Waals surface area contributed by atoms with Crippen molar-refractivity contribution < 1.29 is 4.79 Å². The lowest BCUT2D eigenvalue weighted by molar-refractivity contribution is -0.120. The van der Waals surface area contributed by atoms with Crippen LogP contribution in [0.25, 0.3) is 10.2 Å². The number of hydrogen-bond acceptors (Lipinski definition) is 5. The van der Waals surface area contributed by atoms with E-state index in [1.807, 2.05) is 12.1 Å². The van der Waals surface area contributed by atoms with Crippen LogP contribution >= 0.6 is 11.3 Å². The first-order chi connectivity index (χ1) is 10.8. The Morgan fingerprint density at radius 1 is 1.35 bits per heavy atom. The van der Waals surface area contributed by atoms with E-state index in [1.54, 1.807) is 11.3 Å². The molecule has 1 aromatic carbocycles. The van der Waals surface area contributed by atoms with E-state index >= 15 is 0 Å². The lowest BCUT2D eigenvalue weighted by Crippen LogP contribution is -2.56. The molecule has 0 spiro atoms. The molecule has 0 radical (unpaired) electrons. The third kappa shape index (κ3) is 3.54. The highest BCUT2D eigenvalue weighted by Crippen LogP contribution is 2.35. The summed E-state index contributed by atoms with van der Waals surface area (Å²) in [4.78, 5) is 20.8. The first kappa shape index (κ1) is 16.4. The standard InChI is InChI=1S/C17H24N4OS/c1-17(2,3)21-9-8-20(11-15(18)22)10-13(21)16-19-12-6-4-5-7-14(12)23-16/h4-7,13H,8-11H2,1-3H3,(H2,18,22). The molecule has 1 saturated heterocycles. The Labute approximate surface area is 141 Å². The molecule has 1 aromatic heterocycles. The Balaban J connectivity index is 1.93. The zero-order valence-electron chi connectivity index (χ0n) is 14.0. The second kappa shape index (κ2) is 6.19. The van der Waals surface area contributed by atoms with Crippen LogP contribution in [0.1, 0.15) is 31.8 Å². The van der Waals surface area contributed by atoms with E-state index in [2.05, 4.69) is 42.7 Å². The largest absolute Gasteiger partial charge is 0.369 e. The van der Waals surface area contributed by atoms with Crippen molar-refractivity contribution in [2.24, 2.45) is 5.73 Å². The molecule has 0 aliphatic carbocycles. The number of benzene rings is 1. The van der Waals surface area contributed by atoms with Crippen molar-refractivity contribution >= 4 is 27.5 Å². The summed E-state index contributed by atoms with van der Waals surface area (Å²) in [6.45, 7) is 9.59. The zero-order valence-corrected chi connectivity index (χ0v) is 14.8. The van der Waals surface area contributed by atoms with Crippen LogP contribution in [0.5, 0.6) is 0 Å². The van der Waals surface area contributed by atoms with Crippen molar-refractivity contribution in [1.29, 1.82) is 0 Å². The molecule has 1 amide bonds. The maximum Gasteiger partial charge on any atom is 0.231 e. The molecular weight excluding hydrogens is 308 g/mol. The summed E-state index contributed by atoms with van der Waals surface area (Å²) in [5, 5.41) is 1.12. The number of amides is 1. The van der Waals surface area contributed by atoms with Crippen LogP contribution < -0.4 is 5.73 Å². The van der Waals surface area contributed by atoms with E-state index in [0.717, 1.165) is 30.2 Å². The van der Waals surface area contributed by atoms with Gasteiger partial charge in [0.25, 0.3) is 0 Å². The number of fused-ring (bicyclic) bond motifs is 1. The Morgan fingerprint density at radius 3 is 2.74 bits per heavy atom. The number of primary amides is 1. The third-order valence-corrected chi connectivity index (χ3v) is 5.44. The summed E-state index contributed by atoms with van der Waals surface area (Å²) in [6, 6.07) is 8.43. The molecule has 23 heavy (non-hydrogen) atoms. The summed E-state index contributed by atoms with van der Waals surface area (Å²) < 4.78 is 1.21. The van der Waals surface area contributed by atoms with Crippen LogP contribution in [0.3, 0.4) is 0 Å². The number of nitrogens with two attached hydrogens (primary N) is 1. The van der Waals surface area contributed by atoms with E-state index in [-0.39, 0.29) is 17.5 Å². The SMILES string of the molecule is CC(C)(C)N1CCN(CC(N)=O)CC1c1nc2ccccc2s1. The molecule has 2 heterocycles. The number of hydrogen-bond donors (Lipinski definition) is 1. The summed E-state index contributed by atoms with van der Waals surface area (Å²) in [6.07, 6.45) is 0. The number of carbonyl (C=O) groups excluding carboxylic acids is 1. The van der Waals surface area contributed by atoms with Gasteiger partial charge in [-0.3, -0.25) is 14.6 Å². The number of carbonyl (C=O) groups is 1. The average molecular weight is 332 g/mol. The maximum atomic E-state index is 11.3. The average Bonchev–Trinajstić information content (AvgIpc) is 2.89. The predicted molar refractivity (Wildman–Crippen MR) is 94.5 cm³/mol. The molecule has 0 bridgehead atoms. The van der Waals surface area contributed by atoms with Crippen molar-refractivity contribution in [3.8, 4) is 0 Å². The van der Waals surface area contributed by atoms with Gasteiger partial charge in [0.05, 0.1) is 22.8 Å². The van der Waals surface area contributed by atoms with E-state index in [9.17, 15) is 4.79 Å². The van der Waals surface area contributed by atoms with Gasteiger partial charge >= 0.3 is 0 Å². The molecule has 1 unspecified atom stereocenters. The van der Waals surface area contributed by atoms with Crippen molar-refractivity contribution in [1.82, 2.24) is 14.8 Å². The topological polar surface area (TPSA) is 62.5 Å². The van der Waals surface area contributed by atoms with Gasteiger partial charge in [0.1, 0.15) is 5.01 Å². The fourth-order valence-electron chi connectivity index (χ4n) is 3.25. The summed E-state index contributed by atoms with van der Waals surface area (Å²) in [5.74, 6) is -0.266. The molecule has 3 rings (SSSR count). The first-order valence-corrected chi connectivity index (χ1v) is 8.79. The number of rotatable bonds is 3. The number of aromatic nitrogens is 1. The van der Waals surface area contributed by atoms with Gasteiger partial charge in [-0.2, -0.15) is 0 Å². The minimum absolute atomic E-state index is 0.0569. The number of nitrogens with zero attached hydrogens (tertiary/aromatic N) is 3. The molecule has 2 aromatic rings. The number of para-hydroxylation sites is 1. The van der Waals surface area contributed by atoms with Crippen LogP contribution in [0.4, 0.5) is 0 Å². The van der Waals surface area contributed by atoms with Crippen LogP contribution in [0, 0.1) is 0 Å². The first-order valence-electron chi connectivity index (χ1n) is 7.97. The van der Waals surface area contributed by atoms with Gasteiger partial charge < -0.3 is 5.73 Å². The zero-order chi connectivity index (χ0) is 16.6. The van der Waals surface area contributed by atoms with Gasteiger partial charge in [-0.25, -0.2) is 4.98 Å². The molecule has 1 aliphatic heterocycles. The molecule has 1 atom stereocenters. The van der Waals surface area contributed by atoms with Gasteiger partial charge in [-0.1, -0.05) is 12.1 Å². The summed E-state index contributed by atoms with van der Waals surface area (Å²) in [5.41, 5.74) is 6.49. The van der Waals surface area contributed by atoms with Crippen LogP contribution in [0.15, 0.2) is 24.3 Å². The predicted octanol–water partition coefficient (Wildman–Crippen LogP) is 2.24. The molecule has 6 heteroatoms. The van der Waals surface area contributed by atoms with Crippen LogP contribution in [-0.2, 0) is 4.79 Å². The highest BCUT2D eigenvalue weighted by Gasteiger charge is 2.36. The Kier molecular flexibility index (Phi) is 4.40. The maximum absolute atomic E-state index is 11.3. The molecule has 1 aliphatic rings. The van der Waals surface area contributed by atoms with Gasteiger partial charge in [-0.15, -0.1) is 11.3 Å². The Bertz CT molecular complexity index is 673. The summed E-state index contributed by atoms with van der Waals surface area (Å²) in [7, 11) is 0. The Hall–Kier alpha value is -1.50. The lowest BCUT2D eigenvalue weighted by Gasteiger charge is -2.47. The van der Waals surface area contributed by atoms with Gasteiger partial charge in [-0.05, 0) is 32.9 Å². The van der Waals surface area contributed by atoms with Gasteiger partial charge in [0.15, 0.2) is 0 Å². The van der Waals surface area contributed by atoms with Crippen LogP contribution in [-0.4, -0.2) is 52.4 Å². The minimum atomic E-state index is -0.266. The van der Waals surface area contributed by atoms with E-state index in [0.29, 0.717) is 6.54 Å². The summed E-state index contributed by atoms with van der Waals surface area (Å²) >= 11 is 1.75. The molecular formula is C17H24N4OS. The highest BCUT2D eigenvalue weighted by molar-refractivity contribution is 7.18. The fraction of sp³-hybridized carbons (Fsp3) is 0.529. The van der Waals surface area contributed by atoms with Crippen molar-refractivity contribution in [2.75, 3.05) is 26.2 Å². The van der Waals surface area contributed by atoms with Gasteiger partial charge in [0.2, 0.25) is 5.91 Å². The second-order valence-electron chi connectivity index (χ2n) is 7.10. The monoisotopic (exact) mass is 332 g/mol. The molecule has 5 nitrogen and oxygen atoms in total. The van der Waals surface area contributed by atoms with Gasteiger partial charge in [0, 0.05) is 25.2 Å². The Morgan fingerprint density at radius 2 is 2.09 bits per heavy atom. The molecule has 124 valence electrons. The number of thiazole rings is 1. The normalized spacial score (nSPS) is 20.9. The molecule has 1 fully saturated rings. The lowest BCUT2D eigenvalue weighted by atomic mass is 10.0. The highest BCUT2D eigenvalue weighted by atomic mass is 32.1. The van der Waals surface area contributed by atoms with Crippen LogP contribution in [0.2, 0.25) is 0 Å². The fourth-order valence-corrected chi connectivity index (χ4v) is 4.32. The van der Waals surface area contributed by atoms with Crippen molar-refractivity contribution in [3.05, 3.63) is 29.3 Å². The van der Waals surface area contributed by atoms with E-state index in [4.69, 9.17) is 10.7 Å².